The lowest BCUT2D eigenvalue weighted by Gasteiger charge is -2.17. The number of carbonyl (C=O) groups excluding carboxylic acids is 1. The Hall–Kier alpha value is -2.77. The van der Waals surface area contributed by atoms with Crippen LogP contribution in [0.1, 0.15) is 41.6 Å². The summed E-state index contributed by atoms with van der Waals surface area (Å²) in [5, 5.41) is 3.83. The Morgan fingerprint density at radius 3 is 2.49 bits per heavy atom. The summed E-state index contributed by atoms with van der Waals surface area (Å²) in [7, 11) is 0. The Labute approximate surface area is 214 Å². The number of alkyl halides is 3. The third-order valence-corrected chi connectivity index (χ3v) is 6.67. The first-order chi connectivity index (χ1) is 16.5. The van der Waals surface area contributed by atoms with E-state index in [2.05, 4.69) is 32.3 Å². The van der Waals surface area contributed by atoms with E-state index in [4.69, 9.17) is 11.6 Å². The summed E-state index contributed by atoms with van der Waals surface area (Å²) in [5.74, 6) is -0.255. The molecule has 8 heteroatoms. The largest absolute Gasteiger partial charge is 0.416 e. The lowest BCUT2D eigenvalue weighted by molar-refractivity contribution is -0.137. The smallest absolute Gasteiger partial charge is 0.354 e. The van der Waals surface area contributed by atoms with Gasteiger partial charge in [-0.3, -0.25) is 4.79 Å². The number of aromatic nitrogens is 1. The molecule has 0 spiro atoms. The van der Waals surface area contributed by atoms with Gasteiger partial charge in [-0.15, -0.1) is 0 Å². The molecule has 0 bridgehead atoms. The average molecular weight is 564 g/mol. The fraction of sp³-hybridized carbons (Fsp3) is 0.222. The van der Waals surface area contributed by atoms with Gasteiger partial charge in [0, 0.05) is 32.5 Å². The SMILES string of the molecule is Cc1ccc2[nH]c(-c3ccc(Br)cc3)c(CCC(=O)N[C@@H](C)c3cc(Cl)cc(C(F)(F)F)c3)c2c1. The molecule has 1 aromatic heterocycles. The minimum atomic E-state index is -4.51. The Kier molecular flexibility index (Phi) is 7.29. The molecule has 0 aliphatic heterocycles. The van der Waals surface area contributed by atoms with Gasteiger partial charge in [-0.25, -0.2) is 0 Å². The fourth-order valence-electron chi connectivity index (χ4n) is 4.15. The van der Waals surface area contributed by atoms with Crippen LogP contribution in [0.25, 0.3) is 22.2 Å². The number of H-pyrrole nitrogens is 1. The Morgan fingerprint density at radius 2 is 1.80 bits per heavy atom. The molecule has 3 aromatic carbocycles. The second-order valence-corrected chi connectivity index (χ2v) is 9.95. The zero-order chi connectivity index (χ0) is 25.3. The number of fused-ring (bicyclic) bond motifs is 1. The molecule has 0 saturated carbocycles. The second kappa shape index (κ2) is 10.1. The number of halogens is 5. The molecule has 4 aromatic rings. The molecular formula is C27H23BrClF3N2O. The van der Waals surface area contributed by atoms with Crippen LogP contribution >= 0.6 is 27.5 Å². The van der Waals surface area contributed by atoms with Crippen LogP contribution in [0.3, 0.4) is 0 Å². The Bertz CT molecular complexity index is 1380. The second-order valence-electron chi connectivity index (χ2n) is 8.59. The first-order valence-corrected chi connectivity index (χ1v) is 12.2. The summed E-state index contributed by atoms with van der Waals surface area (Å²) in [6.07, 6.45) is -3.86. The Morgan fingerprint density at radius 1 is 1.09 bits per heavy atom. The van der Waals surface area contributed by atoms with Gasteiger partial charge in [0.2, 0.25) is 5.91 Å². The van der Waals surface area contributed by atoms with Crippen molar-refractivity contribution in [2.45, 2.75) is 38.9 Å². The lowest BCUT2D eigenvalue weighted by atomic mass is 9.99. The molecule has 182 valence electrons. The van der Waals surface area contributed by atoms with E-state index >= 15 is 0 Å². The maximum Gasteiger partial charge on any atom is 0.416 e. The number of nitrogens with one attached hydrogen (secondary N) is 2. The maximum absolute atomic E-state index is 13.2. The predicted octanol–water partition coefficient (Wildman–Crippen LogP) is 8.39. The molecular weight excluding hydrogens is 541 g/mol. The van der Waals surface area contributed by atoms with Crippen molar-refractivity contribution in [2.24, 2.45) is 0 Å². The first-order valence-electron chi connectivity index (χ1n) is 11.1. The summed E-state index contributed by atoms with van der Waals surface area (Å²) >= 11 is 9.36. The zero-order valence-corrected chi connectivity index (χ0v) is 21.4. The minimum absolute atomic E-state index is 0.0239. The molecule has 0 aliphatic carbocycles. The number of amides is 1. The van der Waals surface area contributed by atoms with Gasteiger partial charge in [-0.05, 0) is 79.4 Å². The number of hydrogen-bond acceptors (Lipinski definition) is 1. The monoisotopic (exact) mass is 562 g/mol. The van der Waals surface area contributed by atoms with Crippen LogP contribution in [-0.4, -0.2) is 10.9 Å². The van der Waals surface area contributed by atoms with Crippen LogP contribution in [0.2, 0.25) is 5.02 Å². The standard InChI is InChI=1S/C27H23BrClF3N2O/c1-15-3-9-24-23(11-15)22(26(34-24)17-4-6-20(28)7-5-17)8-10-25(35)33-16(2)18-12-19(27(30,31)32)14-21(29)13-18/h3-7,9,11-14,16,34H,8,10H2,1-2H3,(H,33,35)/t16-/m0/s1. The van der Waals surface area contributed by atoms with Gasteiger partial charge in [0.1, 0.15) is 0 Å². The van der Waals surface area contributed by atoms with E-state index in [-0.39, 0.29) is 17.4 Å². The van der Waals surface area contributed by atoms with Crippen molar-refractivity contribution in [3.63, 3.8) is 0 Å². The van der Waals surface area contributed by atoms with Crippen LogP contribution in [0.4, 0.5) is 13.2 Å². The third kappa shape index (κ3) is 5.90. The summed E-state index contributed by atoms with van der Waals surface area (Å²) in [6, 6.07) is 16.8. The van der Waals surface area contributed by atoms with Gasteiger partial charge >= 0.3 is 6.18 Å². The molecule has 0 unspecified atom stereocenters. The molecule has 1 amide bonds. The van der Waals surface area contributed by atoms with Crippen molar-refractivity contribution >= 4 is 44.3 Å². The molecule has 1 atom stereocenters. The van der Waals surface area contributed by atoms with E-state index in [0.29, 0.717) is 12.0 Å². The molecule has 35 heavy (non-hydrogen) atoms. The number of benzene rings is 3. The Balaban J connectivity index is 1.55. The number of aryl methyl sites for hydroxylation is 2. The van der Waals surface area contributed by atoms with Crippen molar-refractivity contribution in [3.05, 3.63) is 92.4 Å². The van der Waals surface area contributed by atoms with Crippen LogP contribution in [0, 0.1) is 6.92 Å². The van der Waals surface area contributed by atoms with Crippen LogP contribution < -0.4 is 5.32 Å². The van der Waals surface area contributed by atoms with Crippen LogP contribution in [0.5, 0.6) is 0 Å². The highest BCUT2D eigenvalue weighted by Gasteiger charge is 2.31. The van der Waals surface area contributed by atoms with E-state index in [1.54, 1.807) is 6.92 Å². The van der Waals surface area contributed by atoms with Crippen molar-refractivity contribution in [2.75, 3.05) is 0 Å². The third-order valence-electron chi connectivity index (χ3n) is 5.92. The zero-order valence-electron chi connectivity index (χ0n) is 19.1. The van der Waals surface area contributed by atoms with Gasteiger partial charge in [0.15, 0.2) is 0 Å². The van der Waals surface area contributed by atoms with Crippen LogP contribution in [0.15, 0.2) is 65.1 Å². The summed E-state index contributed by atoms with van der Waals surface area (Å²) in [4.78, 5) is 16.3. The molecule has 0 fully saturated rings. The lowest BCUT2D eigenvalue weighted by Crippen LogP contribution is -2.27. The van der Waals surface area contributed by atoms with Crippen molar-refractivity contribution in [1.29, 1.82) is 0 Å². The first kappa shape index (κ1) is 25.3. The summed E-state index contributed by atoms with van der Waals surface area (Å²) in [5.41, 5.74) is 4.53. The molecule has 3 nitrogen and oxygen atoms in total. The van der Waals surface area contributed by atoms with Crippen molar-refractivity contribution in [3.8, 4) is 11.3 Å². The molecule has 0 saturated heterocycles. The maximum atomic E-state index is 13.2. The van der Waals surface area contributed by atoms with E-state index in [9.17, 15) is 18.0 Å². The molecule has 0 radical (unpaired) electrons. The van der Waals surface area contributed by atoms with Crippen LogP contribution in [-0.2, 0) is 17.4 Å². The topological polar surface area (TPSA) is 44.9 Å². The number of rotatable bonds is 6. The highest BCUT2D eigenvalue weighted by molar-refractivity contribution is 9.10. The summed E-state index contributed by atoms with van der Waals surface area (Å²) < 4.78 is 40.4. The average Bonchev–Trinajstić information content (AvgIpc) is 3.14. The van der Waals surface area contributed by atoms with Crippen molar-refractivity contribution in [1.82, 2.24) is 10.3 Å². The van der Waals surface area contributed by atoms with Gasteiger partial charge in [0.25, 0.3) is 0 Å². The molecule has 4 rings (SSSR count). The summed E-state index contributed by atoms with van der Waals surface area (Å²) in [6.45, 7) is 3.66. The van der Waals surface area contributed by atoms with E-state index in [1.165, 1.54) is 6.07 Å². The molecule has 0 aliphatic rings. The van der Waals surface area contributed by atoms with E-state index in [1.807, 2.05) is 43.3 Å². The highest BCUT2D eigenvalue weighted by atomic mass is 79.9. The van der Waals surface area contributed by atoms with Crippen molar-refractivity contribution < 1.29 is 18.0 Å². The normalized spacial score (nSPS) is 12.7. The van der Waals surface area contributed by atoms with Gasteiger partial charge < -0.3 is 10.3 Å². The quantitative estimate of drug-likeness (QED) is 0.243. The fourth-order valence-corrected chi connectivity index (χ4v) is 4.65. The number of aromatic amines is 1. The number of hydrogen-bond donors (Lipinski definition) is 2. The molecule has 2 N–H and O–H groups in total. The van der Waals surface area contributed by atoms with Gasteiger partial charge in [-0.2, -0.15) is 13.2 Å². The minimum Gasteiger partial charge on any atom is -0.354 e. The van der Waals surface area contributed by atoms with Gasteiger partial charge in [-0.1, -0.05) is 51.3 Å². The predicted molar refractivity (Wildman–Crippen MR) is 138 cm³/mol. The van der Waals surface area contributed by atoms with Gasteiger partial charge in [0.05, 0.1) is 11.6 Å². The van der Waals surface area contributed by atoms with E-state index in [0.717, 1.165) is 49.9 Å². The number of carbonyl (C=O) groups is 1. The highest BCUT2D eigenvalue weighted by Crippen LogP contribution is 2.34. The molecule has 1 heterocycles. The van der Waals surface area contributed by atoms with E-state index < -0.39 is 17.8 Å².